The molecule has 3 N–H and O–H groups in total. The number of benzene rings is 1. The molecule has 0 aliphatic carbocycles. The van der Waals surface area contributed by atoms with E-state index in [1.54, 1.807) is 11.1 Å². The predicted octanol–water partition coefficient (Wildman–Crippen LogP) is 2.89. The molecule has 158 valence electrons. The van der Waals surface area contributed by atoms with Gasteiger partial charge in [0.15, 0.2) is 0 Å². The number of carbonyl (C=O) groups is 2. The van der Waals surface area contributed by atoms with E-state index in [2.05, 4.69) is 20.6 Å². The topological polar surface area (TPSA) is 99.3 Å². The fourth-order valence-electron chi connectivity index (χ4n) is 3.90. The van der Waals surface area contributed by atoms with Crippen LogP contribution in [0.25, 0.3) is 22.5 Å². The zero-order valence-electron chi connectivity index (χ0n) is 17.0. The van der Waals surface area contributed by atoms with Crippen molar-refractivity contribution in [3.63, 3.8) is 0 Å². The molecule has 3 aromatic rings. The van der Waals surface area contributed by atoms with Crippen LogP contribution in [0.2, 0.25) is 0 Å². The number of hydrogen-bond acceptors (Lipinski definition) is 4. The van der Waals surface area contributed by atoms with E-state index in [0.717, 1.165) is 40.3 Å². The summed E-state index contributed by atoms with van der Waals surface area (Å²) in [4.78, 5) is 34.0. The molecule has 1 saturated heterocycles. The molecule has 2 aliphatic heterocycles. The second kappa shape index (κ2) is 8.23. The van der Waals surface area contributed by atoms with Gasteiger partial charge in [0.2, 0.25) is 0 Å². The van der Waals surface area contributed by atoms with Crippen molar-refractivity contribution < 1.29 is 14.3 Å². The summed E-state index contributed by atoms with van der Waals surface area (Å²) in [7, 11) is 0. The molecule has 3 amide bonds. The van der Waals surface area contributed by atoms with Crippen LogP contribution in [0.5, 0.6) is 0 Å². The molecule has 1 fully saturated rings. The highest BCUT2D eigenvalue weighted by Crippen LogP contribution is 2.27. The highest BCUT2D eigenvalue weighted by Gasteiger charge is 2.20. The van der Waals surface area contributed by atoms with Crippen molar-refractivity contribution in [3.05, 3.63) is 59.9 Å². The van der Waals surface area contributed by atoms with Gasteiger partial charge >= 0.3 is 6.03 Å². The van der Waals surface area contributed by atoms with Gasteiger partial charge in [-0.05, 0) is 30.3 Å². The number of nitrogens with zero attached hydrogens (tertiary/aromatic N) is 2. The van der Waals surface area contributed by atoms with Crippen LogP contribution in [0.4, 0.5) is 10.5 Å². The number of rotatable bonds is 3. The quantitative estimate of drug-likeness (QED) is 0.610. The summed E-state index contributed by atoms with van der Waals surface area (Å²) in [6.45, 7) is 3.00. The lowest BCUT2D eigenvalue weighted by atomic mass is 10.1. The summed E-state index contributed by atoms with van der Waals surface area (Å²) in [5.74, 6) is -0.0345. The van der Waals surface area contributed by atoms with Crippen molar-refractivity contribution in [2.75, 3.05) is 38.2 Å². The number of carbonyl (C=O) groups excluding carboxylic acids is 2. The minimum atomic E-state index is -0.115. The first-order chi connectivity index (χ1) is 15.2. The highest BCUT2D eigenvalue weighted by atomic mass is 16.5. The SMILES string of the molecule is O=C1NCCc2[nH]c(-c3ccnc(-c4ccc(NC(=O)N5CCOCC5)cc4)c3)cc21. The second-order valence-electron chi connectivity index (χ2n) is 7.62. The lowest BCUT2D eigenvalue weighted by molar-refractivity contribution is 0.0564. The van der Waals surface area contributed by atoms with E-state index < -0.39 is 0 Å². The molecule has 1 aromatic carbocycles. The van der Waals surface area contributed by atoms with E-state index in [1.165, 1.54) is 0 Å². The van der Waals surface area contributed by atoms with Gasteiger partial charge in [0.25, 0.3) is 5.91 Å². The standard InChI is InChI=1S/C23H23N5O3/c29-22-18-14-21(27-19(18)6-8-25-22)16-5-7-24-20(13-16)15-1-3-17(4-2-15)26-23(30)28-9-11-31-12-10-28/h1-5,7,13-14,27H,6,8-12H2,(H,25,29)(H,26,30). The summed E-state index contributed by atoms with van der Waals surface area (Å²) in [6.07, 6.45) is 2.56. The van der Waals surface area contributed by atoms with Crippen LogP contribution in [0.3, 0.4) is 0 Å². The van der Waals surface area contributed by atoms with Gasteiger partial charge in [-0.25, -0.2) is 4.79 Å². The smallest absolute Gasteiger partial charge is 0.321 e. The molecule has 0 radical (unpaired) electrons. The summed E-state index contributed by atoms with van der Waals surface area (Å²) >= 11 is 0. The van der Waals surface area contributed by atoms with Crippen molar-refractivity contribution in [2.24, 2.45) is 0 Å². The molecule has 31 heavy (non-hydrogen) atoms. The molecule has 2 aliphatic rings. The third-order valence-corrected chi connectivity index (χ3v) is 5.61. The van der Waals surface area contributed by atoms with E-state index in [0.29, 0.717) is 38.4 Å². The van der Waals surface area contributed by atoms with E-state index in [-0.39, 0.29) is 11.9 Å². The van der Waals surface area contributed by atoms with E-state index in [1.807, 2.05) is 42.5 Å². The number of aromatic nitrogens is 2. The largest absolute Gasteiger partial charge is 0.378 e. The predicted molar refractivity (Wildman–Crippen MR) is 117 cm³/mol. The maximum absolute atomic E-state index is 12.3. The third-order valence-electron chi connectivity index (χ3n) is 5.61. The Hall–Kier alpha value is -3.65. The Morgan fingerprint density at radius 1 is 1.06 bits per heavy atom. The number of fused-ring (bicyclic) bond motifs is 1. The number of urea groups is 1. The van der Waals surface area contributed by atoms with Crippen LogP contribution in [0.15, 0.2) is 48.7 Å². The molecule has 0 bridgehead atoms. The van der Waals surface area contributed by atoms with Gasteiger partial charge in [-0.2, -0.15) is 0 Å². The first-order valence-electron chi connectivity index (χ1n) is 10.4. The monoisotopic (exact) mass is 417 g/mol. The summed E-state index contributed by atoms with van der Waals surface area (Å²) in [5.41, 5.74) is 6.05. The summed E-state index contributed by atoms with van der Waals surface area (Å²) in [6, 6.07) is 13.3. The maximum Gasteiger partial charge on any atom is 0.321 e. The highest BCUT2D eigenvalue weighted by molar-refractivity contribution is 5.97. The molecule has 5 rings (SSSR count). The number of aromatic amines is 1. The first kappa shape index (κ1) is 19.3. The van der Waals surface area contributed by atoms with Gasteiger partial charge in [0.1, 0.15) is 0 Å². The minimum Gasteiger partial charge on any atom is -0.378 e. The molecule has 2 aromatic heterocycles. The van der Waals surface area contributed by atoms with Crippen molar-refractivity contribution >= 4 is 17.6 Å². The maximum atomic E-state index is 12.3. The minimum absolute atomic E-state index is 0.0345. The van der Waals surface area contributed by atoms with Crippen LogP contribution in [-0.2, 0) is 11.2 Å². The lowest BCUT2D eigenvalue weighted by Crippen LogP contribution is -2.43. The molecule has 0 unspecified atom stereocenters. The van der Waals surface area contributed by atoms with Crippen LogP contribution >= 0.6 is 0 Å². The average Bonchev–Trinajstić information content (AvgIpc) is 3.26. The van der Waals surface area contributed by atoms with E-state index >= 15 is 0 Å². The van der Waals surface area contributed by atoms with Crippen LogP contribution in [-0.4, -0.2) is 59.7 Å². The summed E-state index contributed by atoms with van der Waals surface area (Å²) in [5, 5.41) is 5.80. The number of pyridine rings is 1. The number of morpholine rings is 1. The molecular formula is C23H23N5O3. The Kier molecular flexibility index (Phi) is 5.13. The lowest BCUT2D eigenvalue weighted by Gasteiger charge is -2.26. The molecule has 0 atom stereocenters. The zero-order valence-corrected chi connectivity index (χ0v) is 17.0. The van der Waals surface area contributed by atoms with Crippen LogP contribution in [0.1, 0.15) is 16.1 Å². The van der Waals surface area contributed by atoms with Crippen molar-refractivity contribution in [1.29, 1.82) is 0 Å². The molecule has 8 heteroatoms. The first-order valence-corrected chi connectivity index (χ1v) is 10.4. The van der Waals surface area contributed by atoms with E-state index in [9.17, 15) is 9.59 Å². The number of anilines is 1. The Labute approximate surface area is 179 Å². The van der Waals surface area contributed by atoms with Crippen molar-refractivity contribution in [2.45, 2.75) is 6.42 Å². The fourth-order valence-corrected chi connectivity index (χ4v) is 3.90. The Morgan fingerprint density at radius 2 is 1.87 bits per heavy atom. The average molecular weight is 417 g/mol. The zero-order chi connectivity index (χ0) is 21.2. The van der Waals surface area contributed by atoms with Gasteiger partial charge < -0.3 is 25.3 Å². The molecule has 0 saturated carbocycles. The van der Waals surface area contributed by atoms with Gasteiger partial charge in [-0.3, -0.25) is 9.78 Å². The van der Waals surface area contributed by atoms with Gasteiger partial charge in [-0.15, -0.1) is 0 Å². The van der Waals surface area contributed by atoms with E-state index in [4.69, 9.17) is 4.74 Å². The molecular weight excluding hydrogens is 394 g/mol. The van der Waals surface area contributed by atoms with Crippen LogP contribution < -0.4 is 10.6 Å². The number of ether oxygens (including phenoxy) is 1. The normalized spacial score (nSPS) is 15.9. The molecule has 0 spiro atoms. The van der Waals surface area contributed by atoms with Gasteiger partial charge in [0, 0.05) is 60.5 Å². The van der Waals surface area contributed by atoms with Crippen LogP contribution in [0, 0.1) is 0 Å². The number of H-pyrrole nitrogens is 1. The second-order valence-corrected chi connectivity index (χ2v) is 7.62. The number of nitrogens with one attached hydrogen (secondary N) is 3. The summed E-state index contributed by atoms with van der Waals surface area (Å²) < 4.78 is 5.28. The van der Waals surface area contributed by atoms with Gasteiger partial charge in [0.05, 0.1) is 24.5 Å². The Bertz CT molecular complexity index is 1120. The molecule has 4 heterocycles. The Morgan fingerprint density at radius 3 is 2.65 bits per heavy atom. The third kappa shape index (κ3) is 4.02. The van der Waals surface area contributed by atoms with Crippen molar-refractivity contribution in [1.82, 2.24) is 20.2 Å². The Balaban J connectivity index is 1.33. The van der Waals surface area contributed by atoms with Gasteiger partial charge in [-0.1, -0.05) is 12.1 Å². The molecule has 8 nitrogen and oxygen atoms in total. The number of hydrogen-bond donors (Lipinski definition) is 3. The number of amides is 3. The fraction of sp³-hybridized carbons (Fsp3) is 0.261. The van der Waals surface area contributed by atoms with Crippen molar-refractivity contribution in [3.8, 4) is 22.5 Å².